The molecule has 0 aromatic rings. The highest BCUT2D eigenvalue weighted by atomic mass is 16.4. The maximum absolute atomic E-state index is 11.3. The third-order valence-corrected chi connectivity index (χ3v) is 2.29. The zero-order valence-corrected chi connectivity index (χ0v) is 12.1. The second kappa shape index (κ2) is 5.55. The molecule has 0 spiro atoms. The van der Waals surface area contributed by atoms with E-state index in [1.165, 1.54) is 0 Å². The third kappa shape index (κ3) is 6.42. The Hall–Kier alpha value is -1.32. The van der Waals surface area contributed by atoms with Crippen LogP contribution in [0.3, 0.4) is 0 Å². The molecule has 4 heteroatoms. The second-order valence-electron chi connectivity index (χ2n) is 7.04. The molecule has 0 atom stereocenters. The van der Waals surface area contributed by atoms with E-state index < -0.39 is 11.9 Å². The Balaban J connectivity index is 5.60. The molecular weight excluding hydrogens is 232 g/mol. The summed E-state index contributed by atoms with van der Waals surface area (Å²) in [5.41, 5.74) is -0.478. The van der Waals surface area contributed by atoms with Gasteiger partial charge in [0.05, 0.1) is 0 Å². The monoisotopic (exact) mass is 256 g/mol. The van der Waals surface area contributed by atoms with Crippen LogP contribution in [0.1, 0.15) is 54.4 Å². The summed E-state index contributed by atoms with van der Waals surface area (Å²) in [5.74, 6) is -2.27. The van der Waals surface area contributed by atoms with Crippen molar-refractivity contribution in [2.45, 2.75) is 54.4 Å². The fraction of sp³-hybridized carbons (Fsp3) is 0.714. The summed E-state index contributed by atoms with van der Waals surface area (Å²) in [5, 5.41) is 18.5. The van der Waals surface area contributed by atoms with Crippen LogP contribution in [0.2, 0.25) is 0 Å². The maximum atomic E-state index is 11.3. The largest absolute Gasteiger partial charge is 0.478 e. The average Bonchev–Trinajstić information content (AvgIpc) is 2.06. The summed E-state index contributed by atoms with van der Waals surface area (Å²) in [6.07, 6.45) is 0.500. The van der Waals surface area contributed by atoms with Gasteiger partial charge in [-0.2, -0.15) is 0 Å². The van der Waals surface area contributed by atoms with Gasteiger partial charge in [0.1, 0.15) is 0 Å². The first-order valence-corrected chi connectivity index (χ1v) is 6.02. The van der Waals surface area contributed by atoms with Gasteiger partial charge in [-0.3, -0.25) is 0 Å². The van der Waals surface area contributed by atoms with E-state index in [9.17, 15) is 19.8 Å². The number of rotatable bonds is 4. The zero-order chi connectivity index (χ0) is 14.7. The molecule has 0 saturated heterocycles. The van der Waals surface area contributed by atoms with Crippen LogP contribution >= 0.6 is 0 Å². The number of carbonyl (C=O) groups is 2. The first-order valence-electron chi connectivity index (χ1n) is 6.02. The normalized spacial score (nSPS) is 14.1. The van der Waals surface area contributed by atoms with E-state index in [2.05, 4.69) is 0 Å². The van der Waals surface area contributed by atoms with Crippen molar-refractivity contribution in [1.29, 1.82) is 0 Å². The van der Waals surface area contributed by atoms with Gasteiger partial charge in [-0.1, -0.05) is 41.5 Å². The second-order valence-corrected chi connectivity index (χ2v) is 7.04. The lowest BCUT2D eigenvalue weighted by atomic mass is 9.81. The lowest BCUT2D eigenvalue weighted by Crippen LogP contribution is -2.20. The summed E-state index contributed by atoms with van der Waals surface area (Å²) in [4.78, 5) is 22.6. The molecule has 0 saturated carbocycles. The molecule has 0 aromatic carbocycles. The van der Waals surface area contributed by atoms with Gasteiger partial charge in [0.15, 0.2) is 0 Å². The molecule has 0 aliphatic carbocycles. The summed E-state index contributed by atoms with van der Waals surface area (Å²) >= 11 is 0. The molecule has 0 heterocycles. The first kappa shape index (κ1) is 16.7. The molecule has 0 aliphatic heterocycles. The van der Waals surface area contributed by atoms with E-state index in [-0.39, 0.29) is 34.8 Å². The van der Waals surface area contributed by atoms with Gasteiger partial charge in [-0.05, 0) is 23.7 Å². The Kier molecular flexibility index (Phi) is 5.14. The van der Waals surface area contributed by atoms with E-state index in [0.717, 1.165) is 0 Å². The molecule has 0 rings (SSSR count). The summed E-state index contributed by atoms with van der Waals surface area (Å²) in [6.45, 7) is 11.4. The van der Waals surface area contributed by atoms with Crippen molar-refractivity contribution >= 4 is 11.9 Å². The predicted octanol–water partition coefficient (Wildman–Crippen LogP) is 3.32. The molecule has 4 nitrogen and oxygen atoms in total. The topological polar surface area (TPSA) is 74.6 Å². The maximum Gasteiger partial charge on any atom is 0.332 e. The van der Waals surface area contributed by atoms with Gasteiger partial charge in [-0.15, -0.1) is 0 Å². The van der Waals surface area contributed by atoms with Crippen molar-refractivity contribution in [1.82, 2.24) is 0 Å². The van der Waals surface area contributed by atoms with Gasteiger partial charge in [0.25, 0.3) is 0 Å². The van der Waals surface area contributed by atoms with Crippen LogP contribution in [-0.2, 0) is 9.59 Å². The minimum atomic E-state index is -1.13. The number of hydrogen-bond acceptors (Lipinski definition) is 2. The van der Waals surface area contributed by atoms with Crippen LogP contribution < -0.4 is 0 Å². The number of hydrogen-bond donors (Lipinski definition) is 2. The standard InChI is InChI=1S/C14H24O4/c1-13(2,3)7-9(11(15)16)10(12(17)18)8-14(4,5)6/h7-8H2,1-6H3,(H,15,16)(H,17,18). The lowest BCUT2D eigenvalue weighted by molar-refractivity contribution is -0.136. The minimum absolute atomic E-state index is 0.0184. The van der Waals surface area contributed by atoms with Gasteiger partial charge < -0.3 is 10.2 Å². The van der Waals surface area contributed by atoms with E-state index in [1.807, 2.05) is 41.5 Å². The molecule has 0 aromatic heterocycles. The summed E-state index contributed by atoms with van der Waals surface area (Å²) in [7, 11) is 0. The molecule has 18 heavy (non-hydrogen) atoms. The van der Waals surface area contributed by atoms with Crippen molar-refractivity contribution < 1.29 is 19.8 Å². The Morgan fingerprint density at radius 2 is 0.944 bits per heavy atom. The van der Waals surface area contributed by atoms with Crippen LogP contribution in [0.4, 0.5) is 0 Å². The van der Waals surface area contributed by atoms with Crippen molar-refractivity contribution in [3.63, 3.8) is 0 Å². The molecule has 0 fully saturated rings. The molecule has 0 radical (unpaired) electrons. The number of aliphatic carboxylic acids is 2. The lowest BCUT2D eigenvalue weighted by Gasteiger charge is -2.23. The quantitative estimate of drug-likeness (QED) is 0.756. The highest BCUT2D eigenvalue weighted by Gasteiger charge is 2.27. The van der Waals surface area contributed by atoms with Gasteiger partial charge in [0, 0.05) is 11.1 Å². The van der Waals surface area contributed by atoms with Gasteiger partial charge >= 0.3 is 11.9 Å². The Morgan fingerprint density at radius 3 is 1.06 bits per heavy atom. The number of carboxylic acid groups (broad SMARTS) is 2. The molecule has 0 amide bonds. The summed E-state index contributed by atoms with van der Waals surface area (Å²) in [6, 6.07) is 0. The van der Waals surface area contributed by atoms with Crippen molar-refractivity contribution in [3.05, 3.63) is 11.1 Å². The van der Waals surface area contributed by atoms with Crippen LogP contribution in [0, 0.1) is 10.8 Å². The third-order valence-electron chi connectivity index (χ3n) is 2.29. The molecule has 2 N–H and O–H groups in total. The Morgan fingerprint density at radius 1 is 0.722 bits per heavy atom. The summed E-state index contributed by atoms with van der Waals surface area (Å²) < 4.78 is 0. The van der Waals surface area contributed by atoms with Crippen LogP contribution in [0.5, 0.6) is 0 Å². The van der Waals surface area contributed by atoms with Gasteiger partial charge in [-0.25, -0.2) is 9.59 Å². The molecule has 0 unspecified atom stereocenters. The molecule has 0 bridgehead atoms. The van der Waals surface area contributed by atoms with Gasteiger partial charge in [0.2, 0.25) is 0 Å². The van der Waals surface area contributed by atoms with Crippen LogP contribution in [0.15, 0.2) is 11.1 Å². The highest BCUT2D eigenvalue weighted by molar-refractivity contribution is 5.98. The fourth-order valence-corrected chi connectivity index (χ4v) is 1.68. The molecule has 0 aliphatic rings. The van der Waals surface area contributed by atoms with E-state index >= 15 is 0 Å². The average molecular weight is 256 g/mol. The number of carboxylic acids is 2. The van der Waals surface area contributed by atoms with E-state index in [4.69, 9.17) is 0 Å². The fourth-order valence-electron chi connectivity index (χ4n) is 1.68. The Labute approximate surface area is 109 Å². The smallest absolute Gasteiger partial charge is 0.332 e. The van der Waals surface area contributed by atoms with Crippen molar-refractivity contribution in [2.24, 2.45) is 10.8 Å². The zero-order valence-electron chi connectivity index (χ0n) is 12.1. The van der Waals surface area contributed by atoms with Crippen LogP contribution in [0.25, 0.3) is 0 Å². The highest BCUT2D eigenvalue weighted by Crippen LogP contribution is 2.31. The van der Waals surface area contributed by atoms with Crippen molar-refractivity contribution in [2.75, 3.05) is 0 Å². The minimum Gasteiger partial charge on any atom is -0.478 e. The SMILES string of the molecule is CC(C)(C)CC(C(=O)O)=C(CC(C)(C)C)C(=O)O. The molecule has 104 valence electrons. The molecular formula is C14H24O4. The predicted molar refractivity (Wildman–Crippen MR) is 70.4 cm³/mol. The van der Waals surface area contributed by atoms with E-state index in [1.54, 1.807) is 0 Å². The first-order chi connectivity index (χ1) is 7.83. The van der Waals surface area contributed by atoms with Crippen molar-refractivity contribution in [3.8, 4) is 0 Å². The van der Waals surface area contributed by atoms with E-state index in [0.29, 0.717) is 0 Å². The Bertz CT molecular complexity index is 328. The van der Waals surface area contributed by atoms with Crippen LogP contribution in [-0.4, -0.2) is 22.2 Å².